The van der Waals surface area contributed by atoms with Crippen LogP contribution in [0.5, 0.6) is 0 Å². The van der Waals surface area contributed by atoms with Crippen molar-refractivity contribution >= 4 is 53.2 Å². The number of carboxylic acids is 1. The number of aliphatic hydroxyl groups is 1. The molecule has 0 atom stereocenters. The molecule has 0 spiro atoms. The summed E-state index contributed by atoms with van der Waals surface area (Å²) in [6, 6.07) is 0. The SMILES string of the molecule is C[N+](C)(C)CCO.Cl.O=C([O-])C(Cl)(Cl)Cl. The molecule has 15 heavy (non-hydrogen) atoms. The van der Waals surface area contributed by atoms with Gasteiger partial charge in [-0.1, -0.05) is 34.8 Å². The molecule has 0 radical (unpaired) electrons. The second kappa shape index (κ2) is 8.67. The molecule has 4 nitrogen and oxygen atoms in total. The summed E-state index contributed by atoms with van der Waals surface area (Å²) in [5.74, 6) is -1.71. The van der Waals surface area contributed by atoms with Crippen LogP contribution in [0.3, 0.4) is 0 Å². The molecule has 0 aliphatic carbocycles. The number of aliphatic carboxylic acids is 1. The molecule has 0 aromatic heterocycles. The second-order valence-electron chi connectivity index (χ2n) is 3.52. The van der Waals surface area contributed by atoms with Crippen LogP contribution in [-0.2, 0) is 4.79 Å². The van der Waals surface area contributed by atoms with Crippen LogP contribution in [0.1, 0.15) is 0 Å². The van der Waals surface area contributed by atoms with E-state index in [1.165, 1.54) is 0 Å². The summed E-state index contributed by atoms with van der Waals surface area (Å²) in [7, 11) is 6.16. The third-order valence-electron chi connectivity index (χ3n) is 1.00. The number of carbonyl (C=O) groups is 1. The summed E-state index contributed by atoms with van der Waals surface area (Å²) in [5.41, 5.74) is 0. The Morgan fingerprint density at radius 3 is 1.60 bits per heavy atom. The number of carbonyl (C=O) groups excluding carboxylic acids is 1. The van der Waals surface area contributed by atoms with Crippen molar-refractivity contribution in [1.82, 2.24) is 0 Å². The second-order valence-corrected chi connectivity index (χ2v) is 5.80. The van der Waals surface area contributed by atoms with Crippen LogP contribution in [-0.4, -0.2) is 53.6 Å². The van der Waals surface area contributed by atoms with Gasteiger partial charge >= 0.3 is 0 Å². The highest BCUT2D eigenvalue weighted by atomic mass is 35.6. The van der Waals surface area contributed by atoms with Crippen LogP contribution in [0.15, 0.2) is 0 Å². The van der Waals surface area contributed by atoms with Gasteiger partial charge in [0.25, 0.3) is 0 Å². The van der Waals surface area contributed by atoms with Crippen LogP contribution in [0, 0.1) is 0 Å². The lowest BCUT2D eigenvalue weighted by atomic mass is 10.5. The van der Waals surface area contributed by atoms with Gasteiger partial charge in [-0.25, -0.2) is 0 Å². The maximum Gasteiger partial charge on any atom is 0.230 e. The number of halogens is 4. The number of hydrogen-bond donors (Lipinski definition) is 1. The lowest BCUT2D eigenvalue weighted by Crippen LogP contribution is -2.36. The van der Waals surface area contributed by atoms with Crippen molar-refractivity contribution in [2.45, 2.75) is 3.79 Å². The van der Waals surface area contributed by atoms with Gasteiger partial charge in [0.2, 0.25) is 3.79 Å². The number of aliphatic hydroxyl groups excluding tert-OH is 1. The van der Waals surface area contributed by atoms with Gasteiger partial charge in [-0.3, -0.25) is 0 Å². The molecule has 8 heteroatoms. The molecule has 0 aliphatic heterocycles. The van der Waals surface area contributed by atoms with Crippen molar-refractivity contribution in [1.29, 1.82) is 0 Å². The molecule has 94 valence electrons. The van der Waals surface area contributed by atoms with Gasteiger partial charge in [0.1, 0.15) is 6.54 Å². The highest BCUT2D eigenvalue weighted by Crippen LogP contribution is 2.24. The Morgan fingerprint density at radius 2 is 1.60 bits per heavy atom. The van der Waals surface area contributed by atoms with E-state index in [4.69, 9.17) is 39.9 Å². The minimum Gasteiger partial charge on any atom is -0.545 e. The van der Waals surface area contributed by atoms with E-state index in [1.54, 1.807) is 0 Å². The summed E-state index contributed by atoms with van der Waals surface area (Å²) >= 11 is 14.2. The lowest BCUT2D eigenvalue weighted by Gasteiger charge is -2.21. The number of hydrogen-bond acceptors (Lipinski definition) is 3. The fourth-order valence-corrected chi connectivity index (χ4v) is 0.300. The molecule has 1 N–H and O–H groups in total. The molecule has 0 amide bonds. The number of alkyl halides is 3. The Bertz CT molecular complexity index is 176. The first-order valence-corrected chi connectivity index (χ1v) is 4.83. The molecule has 0 heterocycles. The third kappa shape index (κ3) is 20.6. The molecule has 0 bridgehead atoms. The van der Waals surface area contributed by atoms with Crippen molar-refractivity contribution in [3.63, 3.8) is 0 Å². The minimum absolute atomic E-state index is 0. The molecular formula is C7H15Cl4NO3. The number of rotatable bonds is 2. The standard InChI is InChI=1S/C5H14NO.C2HCl3O2.ClH/c1-6(2,3)4-5-7;3-2(4,5)1(6)7;/h7H,4-5H2,1-3H3;(H,6,7);1H/q+1;;/p-1. The Labute approximate surface area is 111 Å². The zero-order chi connectivity index (χ0) is 12.0. The topological polar surface area (TPSA) is 60.4 Å². The highest BCUT2D eigenvalue weighted by molar-refractivity contribution is 6.75. The van der Waals surface area contributed by atoms with Crippen molar-refractivity contribution in [3.8, 4) is 0 Å². The van der Waals surface area contributed by atoms with E-state index in [9.17, 15) is 9.90 Å². The van der Waals surface area contributed by atoms with Gasteiger partial charge in [0, 0.05) is 0 Å². The lowest BCUT2D eigenvalue weighted by molar-refractivity contribution is -0.870. The third-order valence-corrected chi connectivity index (χ3v) is 1.47. The number of carboxylic acid groups (broad SMARTS) is 1. The van der Waals surface area contributed by atoms with Crippen LogP contribution in [0.2, 0.25) is 0 Å². The molecule has 0 aromatic carbocycles. The summed E-state index contributed by atoms with van der Waals surface area (Å²) in [4.78, 5) is 9.51. The molecular weight excluding hydrogens is 288 g/mol. The first-order valence-electron chi connectivity index (χ1n) is 3.70. The summed E-state index contributed by atoms with van der Waals surface area (Å²) in [5, 5.41) is 17.9. The molecule has 0 aliphatic rings. The van der Waals surface area contributed by atoms with Gasteiger partial charge in [0.05, 0.1) is 33.7 Å². The average molecular weight is 303 g/mol. The molecule has 0 rings (SSSR count). The molecule has 0 saturated heterocycles. The van der Waals surface area contributed by atoms with Crippen LogP contribution >= 0.6 is 47.2 Å². The Morgan fingerprint density at radius 1 is 1.33 bits per heavy atom. The fraction of sp³-hybridized carbons (Fsp3) is 0.857. The van der Waals surface area contributed by atoms with Crippen molar-refractivity contribution in [2.24, 2.45) is 0 Å². The first kappa shape index (κ1) is 20.9. The smallest absolute Gasteiger partial charge is 0.230 e. The van der Waals surface area contributed by atoms with E-state index >= 15 is 0 Å². The predicted octanol–water partition coefficient (Wildman–Crippen LogP) is 0.213. The van der Waals surface area contributed by atoms with E-state index in [1.807, 2.05) is 0 Å². The average Bonchev–Trinajstić information content (AvgIpc) is 1.82. The summed E-state index contributed by atoms with van der Waals surface area (Å²) in [6.45, 7) is 1.11. The van der Waals surface area contributed by atoms with Gasteiger partial charge < -0.3 is 19.5 Å². The minimum atomic E-state index is -2.28. The van der Waals surface area contributed by atoms with Gasteiger partial charge in [-0.15, -0.1) is 12.4 Å². The normalized spacial score (nSPS) is 10.9. The summed E-state index contributed by atoms with van der Waals surface area (Å²) < 4.78 is -1.43. The largest absolute Gasteiger partial charge is 0.545 e. The zero-order valence-corrected chi connectivity index (χ0v) is 11.8. The van der Waals surface area contributed by atoms with Crippen LogP contribution in [0.25, 0.3) is 0 Å². The van der Waals surface area contributed by atoms with Crippen molar-refractivity contribution in [2.75, 3.05) is 34.3 Å². The summed E-state index contributed by atoms with van der Waals surface area (Å²) in [6.07, 6.45) is 0. The van der Waals surface area contributed by atoms with E-state index in [-0.39, 0.29) is 19.0 Å². The van der Waals surface area contributed by atoms with Gasteiger partial charge in [-0.05, 0) is 0 Å². The molecule has 0 fully saturated rings. The van der Waals surface area contributed by atoms with Crippen molar-refractivity contribution in [3.05, 3.63) is 0 Å². The molecule has 0 aromatic rings. The highest BCUT2D eigenvalue weighted by Gasteiger charge is 2.20. The molecule has 0 unspecified atom stereocenters. The maximum atomic E-state index is 9.51. The van der Waals surface area contributed by atoms with E-state index < -0.39 is 9.76 Å². The maximum absolute atomic E-state index is 9.51. The van der Waals surface area contributed by atoms with Crippen LogP contribution in [0.4, 0.5) is 0 Å². The fourth-order valence-electron chi connectivity index (χ4n) is 0.300. The number of quaternary nitrogens is 1. The predicted molar refractivity (Wildman–Crippen MR) is 62.5 cm³/mol. The number of likely N-dealkylation sites (N-methyl/N-ethyl adjacent to an activating group) is 1. The zero-order valence-electron chi connectivity index (χ0n) is 8.67. The van der Waals surface area contributed by atoms with Gasteiger partial charge in [0.15, 0.2) is 0 Å². The number of nitrogens with zero attached hydrogens (tertiary/aromatic N) is 1. The van der Waals surface area contributed by atoms with Crippen LogP contribution < -0.4 is 5.11 Å². The van der Waals surface area contributed by atoms with E-state index in [2.05, 4.69) is 21.1 Å². The molecule has 0 saturated carbocycles. The Balaban J connectivity index is -0.000000180. The Kier molecular flexibility index (Phi) is 12.1. The van der Waals surface area contributed by atoms with E-state index in [0.717, 1.165) is 11.0 Å². The van der Waals surface area contributed by atoms with E-state index in [0.29, 0.717) is 0 Å². The monoisotopic (exact) mass is 301 g/mol. The van der Waals surface area contributed by atoms with Crippen molar-refractivity contribution < 1.29 is 19.5 Å². The quantitative estimate of drug-likeness (QED) is 0.586. The van der Waals surface area contributed by atoms with Gasteiger partial charge in [-0.2, -0.15) is 0 Å². The first-order chi connectivity index (χ1) is 6.00. The Hall–Kier alpha value is 0.550.